The van der Waals surface area contributed by atoms with E-state index in [1.54, 1.807) is 7.11 Å². The molecule has 1 fully saturated rings. The molecule has 32 heavy (non-hydrogen) atoms. The molecule has 0 unspecified atom stereocenters. The van der Waals surface area contributed by atoms with Crippen molar-refractivity contribution in [2.24, 2.45) is 0 Å². The zero-order valence-corrected chi connectivity index (χ0v) is 19.6. The average molecular weight is 446 g/mol. The maximum absolute atomic E-state index is 5.93. The lowest BCUT2D eigenvalue weighted by Crippen LogP contribution is -2.47. The van der Waals surface area contributed by atoms with Gasteiger partial charge in [0.15, 0.2) is 5.11 Å². The summed E-state index contributed by atoms with van der Waals surface area (Å²) in [4.78, 5) is 4.72. The van der Waals surface area contributed by atoms with Crippen molar-refractivity contribution < 1.29 is 4.74 Å². The number of hydrogen-bond acceptors (Lipinski definition) is 3. The van der Waals surface area contributed by atoms with Crippen molar-refractivity contribution in [2.75, 3.05) is 32.6 Å². The molecule has 4 rings (SSSR count). The fourth-order valence-electron chi connectivity index (χ4n) is 4.26. The first-order valence-corrected chi connectivity index (χ1v) is 11.6. The Morgan fingerprint density at radius 3 is 2.25 bits per heavy atom. The summed E-state index contributed by atoms with van der Waals surface area (Å²) < 4.78 is 5.61. The highest BCUT2D eigenvalue weighted by Gasteiger charge is 2.26. The van der Waals surface area contributed by atoms with E-state index >= 15 is 0 Å². The van der Waals surface area contributed by atoms with Gasteiger partial charge in [-0.2, -0.15) is 0 Å². The van der Waals surface area contributed by atoms with Crippen LogP contribution in [0.15, 0.2) is 78.9 Å². The Kier molecular flexibility index (Phi) is 7.40. The van der Waals surface area contributed by atoms with Crippen molar-refractivity contribution in [3.05, 3.63) is 84.4 Å². The van der Waals surface area contributed by atoms with Gasteiger partial charge >= 0.3 is 0 Å². The van der Waals surface area contributed by atoms with E-state index in [0.717, 1.165) is 54.6 Å². The predicted octanol–water partition coefficient (Wildman–Crippen LogP) is 5.66. The number of rotatable bonds is 6. The van der Waals surface area contributed by atoms with Gasteiger partial charge in [0.25, 0.3) is 0 Å². The molecule has 0 amide bonds. The van der Waals surface area contributed by atoms with E-state index in [9.17, 15) is 0 Å². The first-order chi connectivity index (χ1) is 15.6. The van der Waals surface area contributed by atoms with Gasteiger partial charge in [-0.3, -0.25) is 0 Å². The Bertz CT molecular complexity index is 1010. The number of likely N-dealkylation sites (tertiary alicyclic amines) is 1. The number of piperidine rings is 1. The maximum Gasteiger partial charge on any atom is 0.173 e. The fraction of sp³-hybridized carbons (Fsp3) is 0.296. The number of anilines is 1. The molecular weight excluding hydrogens is 414 g/mol. The smallest absolute Gasteiger partial charge is 0.173 e. The molecule has 0 spiro atoms. The summed E-state index contributed by atoms with van der Waals surface area (Å²) in [5, 5.41) is 4.25. The summed E-state index contributed by atoms with van der Waals surface area (Å²) in [5.74, 6) is 0.903. The second-order valence-corrected chi connectivity index (χ2v) is 8.73. The van der Waals surface area contributed by atoms with Crippen LogP contribution < -0.4 is 10.1 Å². The van der Waals surface area contributed by atoms with E-state index in [1.807, 2.05) is 18.2 Å². The van der Waals surface area contributed by atoms with E-state index in [1.165, 1.54) is 11.1 Å². The lowest BCUT2D eigenvalue weighted by atomic mass is 10.0. The molecule has 3 aromatic rings. The van der Waals surface area contributed by atoms with Crippen LogP contribution in [0.4, 0.5) is 5.69 Å². The van der Waals surface area contributed by atoms with Gasteiger partial charge in [0.05, 0.1) is 7.11 Å². The average Bonchev–Trinajstić information content (AvgIpc) is 2.84. The number of hydrogen-bond donors (Lipinski definition) is 1. The van der Waals surface area contributed by atoms with E-state index in [2.05, 4.69) is 82.8 Å². The Balaban J connectivity index is 1.51. The summed E-state index contributed by atoms with van der Waals surface area (Å²) in [6.45, 7) is 2.90. The summed E-state index contributed by atoms with van der Waals surface area (Å²) >= 11 is 5.93. The SMILES string of the molecule is COc1ccccc1CN(C(=S)Nc1ccc(-c2ccccc2)cc1)C1CCN(C)CC1. The van der Waals surface area contributed by atoms with Crippen LogP contribution >= 0.6 is 12.2 Å². The molecule has 1 heterocycles. The number of methoxy groups -OCH3 is 1. The highest BCUT2D eigenvalue weighted by atomic mass is 32.1. The molecule has 1 N–H and O–H groups in total. The van der Waals surface area contributed by atoms with Gasteiger partial charge in [0, 0.05) is 23.8 Å². The van der Waals surface area contributed by atoms with Gasteiger partial charge in [-0.05, 0) is 74.5 Å². The largest absolute Gasteiger partial charge is 0.496 e. The first kappa shape index (κ1) is 22.3. The van der Waals surface area contributed by atoms with Crippen LogP contribution in [-0.2, 0) is 6.54 Å². The van der Waals surface area contributed by atoms with Crippen molar-refractivity contribution in [1.82, 2.24) is 9.80 Å². The third kappa shape index (κ3) is 5.47. The van der Waals surface area contributed by atoms with Crippen LogP contribution in [0.5, 0.6) is 5.75 Å². The maximum atomic E-state index is 5.93. The van der Waals surface area contributed by atoms with Crippen molar-refractivity contribution in [3.8, 4) is 16.9 Å². The third-order valence-corrected chi connectivity index (χ3v) is 6.50. The van der Waals surface area contributed by atoms with Crippen LogP contribution in [0.3, 0.4) is 0 Å². The molecule has 0 atom stereocenters. The monoisotopic (exact) mass is 445 g/mol. The Hall–Kier alpha value is -2.89. The summed E-state index contributed by atoms with van der Waals surface area (Å²) in [5.41, 5.74) is 4.57. The number of ether oxygens (including phenoxy) is 1. The van der Waals surface area contributed by atoms with Gasteiger partial charge in [0.1, 0.15) is 5.75 Å². The van der Waals surface area contributed by atoms with Crippen LogP contribution in [0.25, 0.3) is 11.1 Å². The zero-order chi connectivity index (χ0) is 22.3. The molecule has 1 aliphatic rings. The first-order valence-electron chi connectivity index (χ1n) is 11.2. The van der Waals surface area contributed by atoms with Gasteiger partial charge in [-0.25, -0.2) is 0 Å². The van der Waals surface area contributed by atoms with Crippen LogP contribution in [0.2, 0.25) is 0 Å². The van der Waals surface area contributed by atoms with Crippen molar-refractivity contribution in [2.45, 2.75) is 25.4 Å². The lowest BCUT2D eigenvalue weighted by Gasteiger charge is -2.39. The molecule has 4 nitrogen and oxygen atoms in total. The third-order valence-electron chi connectivity index (χ3n) is 6.17. The molecular formula is C27H31N3OS. The molecule has 5 heteroatoms. The number of nitrogens with zero attached hydrogens (tertiary/aromatic N) is 2. The predicted molar refractivity (Wildman–Crippen MR) is 137 cm³/mol. The van der Waals surface area contributed by atoms with E-state index in [0.29, 0.717) is 6.04 Å². The molecule has 166 valence electrons. The minimum Gasteiger partial charge on any atom is -0.496 e. The second-order valence-electron chi connectivity index (χ2n) is 8.35. The normalized spacial score (nSPS) is 14.7. The number of thiocarbonyl (C=S) groups is 1. The molecule has 0 aromatic heterocycles. The zero-order valence-electron chi connectivity index (χ0n) is 18.8. The molecule has 0 saturated carbocycles. The number of para-hydroxylation sites is 1. The van der Waals surface area contributed by atoms with Crippen molar-refractivity contribution in [3.63, 3.8) is 0 Å². The Morgan fingerprint density at radius 1 is 0.938 bits per heavy atom. The van der Waals surface area contributed by atoms with E-state index in [4.69, 9.17) is 17.0 Å². The van der Waals surface area contributed by atoms with Gasteiger partial charge in [0.2, 0.25) is 0 Å². The van der Waals surface area contributed by atoms with Gasteiger partial charge < -0.3 is 19.9 Å². The molecule has 3 aromatic carbocycles. The van der Waals surface area contributed by atoms with Crippen LogP contribution in [0, 0.1) is 0 Å². The molecule has 0 aliphatic carbocycles. The van der Waals surface area contributed by atoms with Crippen molar-refractivity contribution >= 4 is 23.0 Å². The lowest BCUT2D eigenvalue weighted by molar-refractivity contribution is 0.173. The number of benzene rings is 3. The highest BCUT2D eigenvalue weighted by Crippen LogP contribution is 2.26. The van der Waals surface area contributed by atoms with E-state index < -0.39 is 0 Å². The molecule has 1 saturated heterocycles. The second kappa shape index (κ2) is 10.6. The Morgan fingerprint density at radius 2 is 1.56 bits per heavy atom. The molecule has 0 bridgehead atoms. The highest BCUT2D eigenvalue weighted by molar-refractivity contribution is 7.80. The minimum atomic E-state index is 0.403. The summed E-state index contributed by atoms with van der Waals surface area (Å²) in [7, 11) is 3.91. The summed E-state index contributed by atoms with van der Waals surface area (Å²) in [6, 6.07) is 27.5. The molecule has 0 radical (unpaired) electrons. The quantitative estimate of drug-likeness (QED) is 0.495. The van der Waals surface area contributed by atoms with E-state index in [-0.39, 0.29) is 0 Å². The Labute approximate surface area is 196 Å². The topological polar surface area (TPSA) is 27.7 Å². The number of nitrogens with one attached hydrogen (secondary N) is 1. The standard InChI is InChI=1S/C27H31N3OS/c1-29-18-16-25(17-19-29)30(20-23-10-6-7-11-26(23)31-2)27(32)28-24-14-12-22(13-15-24)21-8-4-3-5-9-21/h3-15,25H,16-20H2,1-2H3,(H,28,32). The fourth-order valence-corrected chi connectivity index (χ4v) is 4.59. The van der Waals surface area contributed by atoms with Crippen molar-refractivity contribution in [1.29, 1.82) is 0 Å². The van der Waals surface area contributed by atoms with Crippen LogP contribution in [0.1, 0.15) is 18.4 Å². The molecule has 1 aliphatic heterocycles. The van der Waals surface area contributed by atoms with Gasteiger partial charge in [-0.1, -0.05) is 60.7 Å². The van der Waals surface area contributed by atoms with Gasteiger partial charge in [-0.15, -0.1) is 0 Å². The van der Waals surface area contributed by atoms with Crippen LogP contribution in [-0.4, -0.2) is 48.2 Å². The summed E-state index contributed by atoms with van der Waals surface area (Å²) in [6.07, 6.45) is 2.20. The minimum absolute atomic E-state index is 0.403.